The van der Waals surface area contributed by atoms with E-state index in [-0.39, 0.29) is 77.5 Å². The number of benzene rings is 1. The first-order valence-corrected chi connectivity index (χ1v) is 32.8. The second kappa shape index (κ2) is 33.1. The van der Waals surface area contributed by atoms with Gasteiger partial charge in [0.1, 0.15) is 0 Å². The average Bonchev–Trinajstić information content (AvgIpc) is 1.63. The Morgan fingerprint density at radius 1 is 0.881 bits per heavy atom. The van der Waals surface area contributed by atoms with Gasteiger partial charge in [0, 0.05) is 162 Å². The van der Waals surface area contributed by atoms with Crippen LogP contribution in [0, 0.1) is 23.7 Å². The number of likely N-dealkylation sites (N-methyl/N-ethyl adjacent to an activating group) is 1. The molecular weight excluding hydrogens is 1090 g/mol. The third-order valence-electron chi connectivity index (χ3n) is 19.3. The molecule has 5 aliphatic rings. The van der Waals surface area contributed by atoms with Gasteiger partial charge >= 0.3 is 6.18 Å². The minimum atomic E-state index is -4.53. The number of allylic oxidation sites excluding steroid dienone is 3. The molecule has 1 spiro atoms. The van der Waals surface area contributed by atoms with Crippen molar-refractivity contribution in [1.29, 1.82) is 0 Å². The van der Waals surface area contributed by atoms with Crippen molar-refractivity contribution < 1.29 is 23.1 Å². The summed E-state index contributed by atoms with van der Waals surface area (Å²) in [5, 5.41) is 34.2. The Morgan fingerprint density at radius 2 is 1.61 bits per heavy atom. The highest BCUT2D eigenvalue weighted by Crippen LogP contribution is 2.41. The minimum absolute atomic E-state index is 0.0613. The third kappa shape index (κ3) is 19.4. The highest BCUT2D eigenvalue weighted by molar-refractivity contribution is 6.31. The van der Waals surface area contributed by atoms with E-state index in [9.17, 15) is 23.1 Å². The van der Waals surface area contributed by atoms with Crippen molar-refractivity contribution in [2.45, 2.75) is 226 Å². The summed E-state index contributed by atoms with van der Waals surface area (Å²) >= 11 is 6.14. The van der Waals surface area contributed by atoms with Crippen LogP contribution in [0.15, 0.2) is 71.2 Å². The highest BCUT2D eigenvalue weighted by Gasteiger charge is 2.55. The number of carbonyl (C=O) groups is 1. The molecule has 18 heteroatoms. The van der Waals surface area contributed by atoms with Gasteiger partial charge in [-0.2, -0.15) is 13.2 Å². The molecule has 1 aliphatic carbocycles. The number of rotatable bonds is 10. The number of amides is 1. The van der Waals surface area contributed by atoms with Crippen LogP contribution in [0.3, 0.4) is 0 Å². The van der Waals surface area contributed by atoms with Gasteiger partial charge in [-0.15, -0.1) is 0 Å². The van der Waals surface area contributed by atoms with Crippen LogP contribution in [0.1, 0.15) is 164 Å². The van der Waals surface area contributed by atoms with Crippen LogP contribution in [0.25, 0.3) is 0 Å². The topological polar surface area (TPSA) is 138 Å². The number of hydrogen-bond donors (Lipinski definition) is 7. The molecule has 0 bridgehead atoms. The molecule has 7 N–H and O–H groups in total. The zero-order chi connectivity index (χ0) is 61.3. The Kier molecular flexibility index (Phi) is 27.3. The van der Waals surface area contributed by atoms with Gasteiger partial charge in [0.15, 0.2) is 0 Å². The summed E-state index contributed by atoms with van der Waals surface area (Å²) < 4.78 is 40.7. The fraction of sp³-hybridized carbons (Fsp3) is 0.758. The maximum absolute atomic E-state index is 14.7. The number of carbonyl (C=O) groups excluding carboxylic acids is 1. The molecule has 5 unspecified atom stereocenters. The van der Waals surface area contributed by atoms with Crippen molar-refractivity contribution in [2.75, 3.05) is 73.1 Å². The van der Waals surface area contributed by atoms with Crippen LogP contribution < -0.4 is 31.9 Å². The summed E-state index contributed by atoms with van der Waals surface area (Å²) in [6.07, 6.45) is 20.0. The molecular formula is C66H112ClF3N12O2. The molecule has 1 aromatic rings. The summed E-state index contributed by atoms with van der Waals surface area (Å²) in [4.78, 5) is 30.9. The van der Waals surface area contributed by atoms with E-state index in [1.165, 1.54) is 37.1 Å². The van der Waals surface area contributed by atoms with Crippen molar-refractivity contribution in [3.05, 3.63) is 82.3 Å². The van der Waals surface area contributed by atoms with Gasteiger partial charge in [0.2, 0.25) is 5.91 Å². The number of fused-ring (bicyclic) bond motifs is 2. The Labute approximate surface area is 510 Å². The lowest BCUT2D eigenvalue weighted by molar-refractivity contribution is -0.162. The number of alkyl halides is 3. The van der Waals surface area contributed by atoms with Crippen LogP contribution >= 0.6 is 11.6 Å². The molecule has 476 valence electrons. The van der Waals surface area contributed by atoms with Crippen molar-refractivity contribution in [1.82, 2.24) is 56.4 Å². The number of hydrogen-bond acceptors (Lipinski definition) is 13. The van der Waals surface area contributed by atoms with Crippen LogP contribution in [-0.4, -0.2) is 175 Å². The lowest BCUT2D eigenvalue weighted by Gasteiger charge is -2.60. The number of aliphatic imine (C=N–C) groups is 1. The summed E-state index contributed by atoms with van der Waals surface area (Å²) in [5.74, 6) is 1.58. The molecule has 4 fully saturated rings. The minimum Gasteiger partial charge on any atom is -0.390 e. The standard InChI is InChI=1S/C66H112ClF3N12O2/c1-14-47(6)60-39-75-59(37-45(2)3)49(8)74-40-61-62(64(84)80-33-18-15-19-34-80)52(11)82(61)63(46(4)5)50(9)77-65(27-16-17-28-65)44-72-31-30-71-29-26-54(24-22-53-23-25-57(58(67)38-53)66(68,69)70)73-32-36-78(12)41-56(43-83)79(13)42-55-21-20-35-81(55)51(10)48(7)76-60/h23,25-26,29,32,36,38,41-42,45-52,59-63,72-77,83H,14-22,24,27-28,30-31,33-35,37,39-40,43-44H2,1-13H3/t47-,48?,49?,50?,51-,52?,59-,60+,61?,62-,63-/m0/s1. The fourth-order valence-electron chi connectivity index (χ4n) is 14.2. The molecule has 4 aliphatic heterocycles. The van der Waals surface area contributed by atoms with Crippen molar-refractivity contribution >= 4 is 23.7 Å². The smallest absolute Gasteiger partial charge is 0.390 e. The highest BCUT2D eigenvalue weighted by atomic mass is 35.5. The van der Waals surface area contributed by atoms with Crippen LogP contribution in [0.2, 0.25) is 5.02 Å². The van der Waals surface area contributed by atoms with Crippen molar-refractivity contribution in [3.8, 4) is 0 Å². The molecule has 1 amide bonds. The van der Waals surface area contributed by atoms with E-state index in [2.05, 4.69) is 129 Å². The van der Waals surface area contributed by atoms with E-state index in [4.69, 9.17) is 16.6 Å². The molecule has 0 aromatic heterocycles. The lowest BCUT2D eigenvalue weighted by Crippen LogP contribution is -2.76. The van der Waals surface area contributed by atoms with Crippen molar-refractivity contribution in [2.24, 2.45) is 28.7 Å². The Balaban J connectivity index is 1.29. The number of nitrogens with one attached hydrogen (secondary N) is 6. The zero-order valence-corrected chi connectivity index (χ0v) is 54.6. The zero-order valence-electron chi connectivity index (χ0n) is 53.8. The average molecular weight is 1200 g/mol. The maximum Gasteiger partial charge on any atom is 0.417 e. The number of aliphatic hydroxyl groups excluding tert-OH is 1. The van der Waals surface area contributed by atoms with E-state index >= 15 is 0 Å². The molecule has 84 heavy (non-hydrogen) atoms. The first-order chi connectivity index (χ1) is 40.0. The third-order valence-corrected chi connectivity index (χ3v) is 19.7. The number of aliphatic hydroxyl groups is 1. The van der Waals surface area contributed by atoms with Gasteiger partial charge in [-0.05, 0) is 140 Å². The van der Waals surface area contributed by atoms with Crippen LogP contribution in [-0.2, 0) is 17.4 Å². The van der Waals surface area contributed by atoms with E-state index in [1.807, 2.05) is 48.6 Å². The summed E-state index contributed by atoms with van der Waals surface area (Å²) in [6.45, 7) is 32.0. The molecule has 1 saturated carbocycles. The van der Waals surface area contributed by atoms with Gasteiger partial charge in [-0.25, -0.2) is 0 Å². The van der Waals surface area contributed by atoms with Gasteiger partial charge < -0.3 is 56.6 Å². The Morgan fingerprint density at radius 3 is 2.26 bits per heavy atom. The molecule has 0 radical (unpaired) electrons. The molecule has 3 saturated heterocycles. The van der Waals surface area contributed by atoms with E-state index in [0.29, 0.717) is 55.2 Å². The van der Waals surface area contributed by atoms with Gasteiger partial charge in [-0.3, -0.25) is 14.7 Å². The largest absolute Gasteiger partial charge is 0.417 e. The molecule has 6 rings (SSSR count). The van der Waals surface area contributed by atoms with Gasteiger partial charge in [0.05, 0.1) is 35.4 Å². The fourth-order valence-corrected chi connectivity index (χ4v) is 14.5. The normalized spacial score (nSPS) is 29.8. The van der Waals surface area contributed by atoms with Gasteiger partial charge in [0.25, 0.3) is 0 Å². The van der Waals surface area contributed by atoms with Crippen molar-refractivity contribution in [3.63, 3.8) is 0 Å². The first kappa shape index (κ1) is 69.4. The second-order valence-corrected chi connectivity index (χ2v) is 26.9. The van der Waals surface area contributed by atoms with Crippen LogP contribution in [0.5, 0.6) is 0 Å². The Hall–Kier alpha value is -3.68. The monoisotopic (exact) mass is 1200 g/mol. The van der Waals surface area contributed by atoms with Crippen LogP contribution in [0.4, 0.5) is 13.2 Å². The lowest BCUT2D eigenvalue weighted by atomic mass is 9.74. The SMILES string of the molecule is CC[C@H](C)[C@H]1CN[C@@H](CC(C)C)C(C)NCC2[C@@H](C(=O)N3CCCCC3)C(C)N2[C@@H](C(C)C)C(C)NC2(CCCC2)CNCCN=CC=C(CCc2ccc(C(F)(F)F)c(Cl)c2)NC=CN(C)C=C(CO)N(C)C=C2CCCN2[C@@H](C)C(C)N1. The van der Waals surface area contributed by atoms with Gasteiger partial charge in [-0.1, -0.05) is 78.5 Å². The van der Waals surface area contributed by atoms with E-state index in [0.717, 1.165) is 108 Å². The molecule has 1 aromatic carbocycles. The number of nitrogens with zero attached hydrogens (tertiary/aromatic N) is 6. The number of likely N-dealkylation sites (tertiary alicyclic amines) is 1. The Bertz CT molecular complexity index is 2330. The summed E-state index contributed by atoms with van der Waals surface area (Å²) in [5.41, 5.74) is 2.59. The molecule has 4 heterocycles. The van der Waals surface area contributed by atoms with E-state index in [1.54, 1.807) is 6.21 Å². The first-order valence-electron chi connectivity index (χ1n) is 32.5. The summed E-state index contributed by atoms with van der Waals surface area (Å²) in [6, 6.07) is 5.61. The molecule has 14 nitrogen and oxygen atoms in total. The predicted molar refractivity (Wildman–Crippen MR) is 342 cm³/mol. The summed E-state index contributed by atoms with van der Waals surface area (Å²) in [7, 11) is 3.91. The number of halogens is 4. The van der Waals surface area contributed by atoms with E-state index < -0.39 is 11.7 Å². The number of piperidine rings is 1. The quantitative estimate of drug-likeness (QED) is 0.120. The predicted octanol–water partition coefficient (Wildman–Crippen LogP) is 10.3. The number of aryl methyl sites for hydroxylation is 1. The molecule has 11 atom stereocenters. The second-order valence-electron chi connectivity index (χ2n) is 26.5. The maximum atomic E-state index is 14.7.